The van der Waals surface area contributed by atoms with Crippen molar-refractivity contribution in [2.24, 2.45) is 0 Å². The van der Waals surface area contributed by atoms with E-state index in [0.717, 1.165) is 16.7 Å². The lowest BCUT2D eigenvalue weighted by atomic mass is 10.1. The van der Waals surface area contributed by atoms with Gasteiger partial charge in [0, 0.05) is 23.2 Å². The van der Waals surface area contributed by atoms with Crippen molar-refractivity contribution in [3.05, 3.63) is 53.7 Å². The molecule has 5 heteroatoms. The van der Waals surface area contributed by atoms with Crippen LogP contribution in [-0.2, 0) is 6.54 Å². The molecule has 0 fully saturated rings. The van der Waals surface area contributed by atoms with Gasteiger partial charge in [-0.1, -0.05) is 17.8 Å². The van der Waals surface area contributed by atoms with Crippen LogP contribution >= 0.6 is 11.8 Å². The van der Waals surface area contributed by atoms with E-state index in [4.69, 9.17) is 0 Å². The van der Waals surface area contributed by atoms with Crippen molar-refractivity contribution in [2.75, 3.05) is 0 Å². The van der Waals surface area contributed by atoms with Crippen molar-refractivity contribution in [1.29, 1.82) is 0 Å². The SMILES string of the molecule is CC(C)(C)NCc1cccnc1Sc1ccc(F)c(F)c1. The van der Waals surface area contributed by atoms with E-state index >= 15 is 0 Å². The van der Waals surface area contributed by atoms with Gasteiger partial charge in [0.1, 0.15) is 5.03 Å². The summed E-state index contributed by atoms with van der Waals surface area (Å²) in [6, 6.07) is 7.73. The predicted molar refractivity (Wildman–Crippen MR) is 81.3 cm³/mol. The first-order valence-corrected chi connectivity index (χ1v) is 7.48. The van der Waals surface area contributed by atoms with Crippen molar-refractivity contribution in [2.45, 2.75) is 42.8 Å². The van der Waals surface area contributed by atoms with Crippen LogP contribution in [-0.4, -0.2) is 10.5 Å². The van der Waals surface area contributed by atoms with Crippen LogP contribution in [0.15, 0.2) is 46.5 Å². The predicted octanol–water partition coefficient (Wildman–Crippen LogP) is 4.40. The van der Waals surface area contributed by atoms with Gasteiger partial charge in [0.15, 0.2) is 11.6 Å². The van der Waals surface area contributed by atoms with E-state index in [2.05, 4.69) is 31.1 Å². The second-order valence-electron chi connectivity index (χ2n) is 5.75. The molecule has 0 unspecified atom stereocenters. The largest absolute Gasteiger partial charge is 0.308 e. The molecule has 0 aliphatic carbocycles. The Kier molecular flexibility index (Phi) is 4.96. The fraction of sp³-hybridized carbons (Fsp3) is 0.312. The van der Waals surface area contributed by atoms with Crippen molar-refractivity contribution in [1.82, 2.24) is 10.3 Å². The van der Waals surface area contributed by atoms with Gasteiger partial charge in [0.05, 0.1) is 0 Å². The van der Waals surface area contributed by atoms with Gasteiger partial charge in [-0.15, -0.1) is 0 Å². The van der Waals surface area contributed by atoms with Gasteiger partial charge >= 0.3 is 0 Å². The first kappa shape index (κ1) is 15.9. The molecule has 0 aliphatic rings. The Morgan fingerprint density at radius 3 is 2.57 bits per heavy atom. The van der Waals surface area contributed by atoms with E-state index in [1.54, 1.807) is 12.3 Å². The fourth-order valence-electron chi connectivity index (χ4n) is 1.66. The summed E-state index contributed by atoms with van der Waals surface area (Å²) in [5, 5.41) is 4.19. The summed E-state index contributed by atoms with van der Waals surface area (Å²) < 4.78 is 26.2. The number of halogens is 2. The molecule has 0 radical (unpaired) electrons. The Bertz CT molecular complexity index is 624. The summed E-state index contributed by atoms with van der Waals surface area (Å²) in [7, 11) is 0. The maximum Gasteiger partial charge on any atom is 0.159 e. The van der Waals surface area contributed by atoms with Crippen molar-refractivity contribution in [3.8, 4) is 0 Å². The lowest BCUT2D eigenvalue weighted by Crippen LogP contribution is -2.35. The van der Waals surface area contributed by atoms with Crippen molar-refractivity contribution in [3.63, 3.8) is 0 Å². The van der Waals surface area contributed by atoms with Gasteiger partial charge in [-0.2, -0.15) is 0 Å². The molecule has 112 valence electrons. The zero-order valence-electron chi connectivity index (χ0n) is 12.3. The Balaban J connectivity index is 2.17. The Hall–Kier alpha value is -1.46. The average molecular weight is 308 g/mol. The summed E-state index contributed by atoms with van der Waals surface area (Å²) in [6.45, 7) is 6.94. The van der Waals surface area contributed by atoms with E-state index < -0.39 is 11.6 Å². The first-order chi connectivity index (χ1) is 9.85. The molecular formula is C16H18F2N2S. The number of pyridine rings is 1. The van der Waals surface area contributed by atoms with Crippen LogP contribution in [0, 0.1) is 11.6 Å². The quantitative estimate of drug-likeness (QED) is 0.906. The minimum Gasteiger partial charge on any atom is -0.308 e. The van der Waals surface area contributed by atoms with E-state index in [1.165, 1.54) is 17.8 Å². The highest BCUT2D eigenvalue weighted by Gasteiger charge is 2.12. The highest BCUT2D eigenvalue weighted by Crippen LogP contribution is 2.29. The molecule has 1 aromatic carbocycles. The highest BCUT2D eigenvalue weighted by atomic mass is 32.2. The third kappa shape index (κ3) is 4.79. The lowest BCUT2D eigenvalue weighted by molar-refractivity contribution is 0.422. The average Bonchev–Trinajstić information content (AvgIpc) is 2.41. The third-order valence-electron chi connectivity index (χ3n) is 2.76. The number of nitrogens with zero attached hydrogens (tertiary/aromatic N) is 1. The molecule has 0 saturated carbocycles. The minimum atomic E-state index is -0.842. The van der Waals surface area contributed by atoms with Crippen molar-refractivity contribution >= 4 is 11.8 Å². The van der Waals surface area contributed by atoms with Crippen LogP contribution in [0.3, 0.4) is 0 Å². The Morgan fingerprint density at radius 1 is 1.14 bits per heavy atom. The first-order valence-electron chi connectivity index (χ1n) is 6.67. The Labute approximate surface area is 128 Å². The topological polar surface area (TPSA) is 24.9 Å². The minimum absolute atomic E-state index is 0.000236. The van der Waals surface area contributed by atoms with E-state index in [9.17, 15) is 8.78 Å². The standard InChI is InChI=1S/C16H18F2N2S/c1-16(2,3)20-10-11-5-4-8-19-15(11)21-12-6-7-13(17)14(18)9-12/h4-9,20H,10H2,1-3H3. The maximum absolute atomic E-state index is 13.3. The zero-order chi connectivity index (χ0) is 15.5. The summed E-state index contributed by atoms with van der Waals surface area (Å²) in [4.78, 5) is 4.96. The lowest BCUT2D eigenvalue weighted by Gasteiger charge is -2.21. The molecule has 0 amide bonds. The van der Waals surface area contributed by atoms with Gasteiger partial charge in [0.25, 0.3) is 0 Å². The van der Waals surface area contributed by atoms with E-state index in [1.807, 2.05) is 12.1 Å². The summed E-state index contributed by atoms with van der Waals surface area (Å²) >= 11 is 1.33. The molecular weight excluding hydrogens is 290 g/mol. The zero-order valence-corrected chi connectivity index (χ0v) is 13.1. The van der Waals surface area contributed by atoms with Gasteiger partial charge < -0.3 is 5.32 Å². The summed E-state index contributed by atoms with van der Waals surface area (Å²) in [5.74, 6) is -1.68. The Morgan fingerprint density at radius 2 is 1.90 bits per heavy atom. The van der Waals surface area contributed by atoms with E-state index in [0.29, 0.717) is 11.4 Å². The molecule has 2 rings (SSSR count). The number of benzene rings is 1. The monoisotopic (exact) mass is 308 g/mol. The number of hydrogen-bond donors (Lipinski definition) is 1. The van der Waals surface area contributed by atoms with E-state index in [-0.39, 0.29) is 5.54 Å². The molecule has 0 spiro atoms. The van der Waals surface area contributed by atoms with Crippen LogP contribution in [0.2, 0.25) is 0 Å². The normalized spacial score (nSPS) is 11.7. The number of aromatic nitrogens is 1. The number of rotatable bonds is 4. The summed E-state index contributed by atoms with van der Waals surface area (Å²) in [6.07, 6.45) is 1.70. The number of nitrogens with one attached hydrogen (secondary N) is 1. The molecule has 1 aromatic heterocycles. The molecule has 0 atom stereocenters. The fourth-order valence-corrected chi connectivity index (χ4v) is 2.57. The summed E-state index contributed by atoms with van der Waals surface area (Å²) in [5.41, 5.74) is 1.03. The molecule has 0 bridgehead atoms. The highest BCUT2D eigenvalue weighted by molar-refractivity contribution is 7.99. The molecule has 21 heavy (non-hydrogen) atoms. The molecule has 2 nitrogen and oxygen atoms in total. The molecule has 2 aromatic rings. The smallest absolute Gasteiger partial charge is 0.159 e. The molecule has 0 aliphatic heterocycles. The molecule has 1 N–H and O–H groups in total. The van der Waals surface area contributed by atoms with Gasteiger partial charge in [-0.05, 0) is 50.6 Å². The second kappa shape index (κ2) is 6.54. The van der Waals surface area contributed by atoms with Gasteiger partial charge in [-0.3, -0.25) is 0 Å². The van der Waals surface area contributed by atoms with Crippen LogP contribution in [0.25, 0.3) is 0 Å². The van der Waals surface area contributed by atoms with Crippen LogP contribution in [0.4, 0.5) is 8.78 Å². The van der Waals surface area contributed by atoms with Crippen molar-refractivity contribution < 1.29 is 8.78 Å². The number of hydrogen-bond acceptors (Lipinski definition) is 3. The molecule has 1 heterocycles. The maximum atomic E-state index is 13.3. The third-order valence-corrected chi connectivity index (χ3v) is 3.82. The second-order valence-corrected chi connectivity index (χ2v) is 6.81. The van der Waals surface area contributed by atoms with Crippen LogP contribution in [0.5, 0.6) is 0 Å². The van der Waals surface area contributed by atoms with Gasteiger partial charge in [0.2, 0.25) is 0 Å². The molecule has 0 saturated heterocycles. The van der Waals surface area contributed by atoms with Crippen LogP contribution in [0.1, 0.15) is 26.3 Å². The van der Waals surface area contributed by atoms with Gasteiger partial charge in [-0.25, -0.2) is 13.8 Å². The van der Waals surface area contributed by atoms with Crippen LogP contribution < -0.4 is 5.32 Å².